The average Bonchev–Trinajstić information content (AvgIpc) is 3.61. The molecule has 0 N–H and O–H groups in total. The SMILES string of the molecule is O=[N+]([O-])c1ccnc2c1ccn2[C@H]1O[C@H](COCc2ccccc2)[C@@H](OCc2ccccc2)[C@H]1OCc1ccccc1. The lowest BCUT2D eigenvalue weighted by atomic mass is 10.1. The van der Waals surface area contributed by atoms with Crippen molar-refractivity contribution in [1.29, 1.82) is 0 Å². The van der Waals surface area contributed by atoms with Gasteiger partial charge in [-0.25, -0.2) is 4.98 Å². The Bertz CT molecular complexity index is 1600. The Morgan fingerprint density at radius 3 is 1.93 bits per heavy atom. The number of rotatable bonds is 12. The van der Waals surface area contributed by atoms with Crippen molar-refractivity contribution in [3.8, 4) is 0 Å². The van der Waals surface area contributed by atoms with Crippen LogP contribution in [0.25, 0.3) is 11.0 Å². The molecular formula is C33H31N3O6. The highest BCUT2D eigenvalue weighted by Crippen LogP contribution is 2.38. The molecule has 1 aliphatic rings. The zero-order valence-corrected chi connectivity index (χ0v) is 22.9. The fourth-order valence-electron chi connectivity index (χ4n) is 5.25. The van der Waals surface area contributed by atoms with E-state index in [0.29, 0.717) is 30.9 Å². The van der Waals surface area contributed by atoms with Crippen LogP contribution in [0.2, 0.25) is 0 Å². The molecule has 3 heterocycles. The van der Waals surface area contributed by atoms with Crippen molar-refractivity contribution in [3.05, 3.63) is 142 Å². The van der Waals surface area contributed by atoms with Crippen LogP contribution in [0.5, 0.6) is 0 Å². The van der Waals surface area contributed by atoms with Crippen LogP contribution in [-0.2, 0) is 38.8 Å². The molecule has 4 atom stereocenters. The monoisotopic (exact) mass is 565 g/mol. The zero-order chi connectivity index (χ0) is 28.7. The highest BCUT2D eigenvalue weighted by Gasteiger charge is 2.48. The van der Waals surface area contributed by atoms with E-state index >= 15 is 0 Å². The van der Waals surface area contributed by atoms with Gasteiger partial charge in [0.1, 0.15) is 24.0 Å². The summed E-state index contributed by atoms with van der Waals surface area (Å²) in [4.78, 5) is 15.8. The van der Waals surface area contributed by atoms with E-state index in [2.05, 4.69) is 4.98 Å². The number of nitrogens with zero attached hydrogens (tertiary/aromatic N) is 3. The quantitative estimate of drug-likeness (QED) is 0.131. The highest BCUT2D eigenvalue weighted by atomic mass is 16.6. The molecule has 6 rings (SSSR count). The fourth-order valence-corrected chi connectivity index (χ4v) is 5.25. The minimum absolute atomic E-state index is 0.0156. The Balaban J connectivity index is 1.32. The second-order valence-corrected chi connectivity index (χ2v) is 10.1. The summed E-state index contributed by atoms with van der Waals surface area (Å²) in [5.74, 6) is 0. The minimum Gasteiger partial charge on any atom is -0.374 e. The second-order valence-electron chi connectivity index (χ2n) is 10.1. The predicted octanol–water partition coefficient (Wildman–Crippen LogP) is 6.23. The summed E-state index contributed by atoms with van der Waals surface area (Å²) in [6.45, 7) is 1.38. The molecule has 214 valence electrons. The van der Waals surface area contributed by atoms with Crippen LogP contribution in [0.15, 0.2) is 116 Å². The molecule has 0 saturated carbocycles. The van der Waals surface area contributed by atoms with Crippen LogP contribution in [0.3, 0.4) is 0 Å². The van der Waals surface area contributed by atoms with Gasteiger partial charge in [-0.1, -0.05) is 91.0 Å². The number of aromatic nitrogens is 2. The van der Waals surface area contributed by atoms with Crippen LogP contribution < -0.4 is 0 Å². The van der Waals surface area contributed by atoms with E-state index in [-0.39, 0.29) is 12.3 Å². The van der Waals surface area contributed by atoms with E-state index in [4.69, 9.17) is 18.9 Å². The maximum Gasteiger partial charge on any atom is 0.281 e. The highest BCUT2D eigenvalue weighted by molar-refractivity contribution is 5.86. The third-order valence-corrected chi connectivity index (χ3v) is 7.31. The topological polar surface area (TPSA) is 97.9 Å². The minimum atomic E-state index is -0.660. The smallest absolute Gasteiger partial charge is 0.281 e. The first-order chi connectivity index (χ1) is 20.7. The van der Waals surface area contributed by atoms with Gasteiger partial charge < -0.3 is 23.5 Å². The molecule has 3 aromatic carbocycles. The summed E-state index contributed by atoms with van der Waals surface area (Å²) in [6, 6.07) is 32.9. The van der Waals surface area contributed by atoms with Crippen LogP contribution in [0.4, 0.5) is 5.69 Å². The van der Waals surface area contributed by atoms with E-state index in [0.717, 1.165) is 16.7 Å². The molecule has 2 aromatic heterocycles. The first-order valence-electron chi connectivity index (χ1n) is 13.9. The number of benzene rings is 3. The lowest BCUT2D eigenvalue weighted by molar-refractivity contribution is -0.383. The number of nitro groups is 1. The van der Waals surface area contributed by atoms with Crippen LogP contribution in [-0.4, -0.2) is 39.4 Å². The predicted molar refractivity (Wildman–Crippen MR) is 156 cm³/mol. The first-order valence-corrected chi connectivity index (χ1v) is 13.9. The molecule has 1 aliphatic heterocycles. The number of fused-ring (bicyclic) bond motifs is 1. The Morgan fingerprint density at radius 2 is 1.33 bits per heavy atom. The molecule has 9 nitrogen and oxygen atoms in total. The van der Waals surface area contributed by atoms with Gasteiger partial charge in [0.15, 0.2) is 6.23 Å². The summed E-state index contributed by atoms with van der Waals surface area (Å²) in [5, 5.41) is 12.1. The zero-order valence-electron chi connectivity index (χ0n) is 22.9. The summed E-state index contributed by atoms with van der Waals surface area (Å²) < 4.78 is 27.7. The Labute approximate surface area is 243 Å². The molecule has 0 amide bonds. The molecule has 0 spiro atoms. The lowest BCUT2D eigenvalue weighted by Gasteiger charge is -2.26. The molecule has 0 unspecified atom stereocenters. The summed E-state index contributed by atoms with van der Waals surface area (Å²) in [5.41, 5.74) is 3.51. The largest absolute Gasteiger partial charge is 0.374 e. The van der Waals surface area contributed by atoms with Crippen LogP contribution in [0, 0.1) is 10.1 Å². The number of pyridine rings is 1. The van der Waals surface area contributed by atoms with Gasteiger partial charge >= 0.3 is 0 Å². The van der Waals surface area contributed by atoms with Crippen molar-refractivity contribution in [2.45, 2.75) is 44.4 Å². The molecule has 9 heteroatoms. The molecule has 0 bridgehead atoms. The first kappa shape index (κ1) is 27.7. The van der Waals surface area contributed by atoms with E-state index < -0.39 is 29.5 Å². The van der Waals surface area contributed by atoms with E-state index in [1.165, 1.54) is 12.3 Å². The maximum atomic E-state index is 11.7. The maximum absolute atomic E-state index is 11.7. The van der Waals surface area contributed by atoms with Crippen molar-refractivity contribution < 1.29 is 23.9 Å². The second kappa shape index (κ2) is 13.1. The molecule has 5 aromatic rings. The van der Waals surface area contributed by atoms with Gasteiger partial charge in [-0.3, -0.25) is 10.1 Å². The Hall–Kier alpha value is -4.41. The van der Waals surface area contributed by atoms with Gasteiger partial charge in [-0.05, 0) is 22.8 Å². The van der Waals surface area contributed by atoms with Crippen molar-refractivity contribution in [2.75, 3.05) is 6.61 Å². The molecule has 42 heavy (non-hydrogen) atoms. The van der Waals surface area contributed by atoms with Gasteiger partial charge in [0.25, 0.3) is 5.69 Å². The Kier molecular flexibility index (Phi) is 8.62. The van der Waals surface area contributed by atoms with Gasteiger partial charge in [0.05, 0.1) is 36.7 Å². The normalized spacial score (nSPS) is 20.2. The van der Waals surface area contributed by atoms with Gasteiger partial charge in [0.2, 0.25) is 0 Å². The van der Waals surface area contributed by atoms with Crippen molar-refractivity contribution in [1.82, 2.24) is 9.55 Å². The summed E-state index contributed by atoms with van der Waals surface area (Å²) in [6.07, 6.45) is 1.01. The van der Waals surface area contributed by atoms with Crippen molar-refractivity contribution in [2.24, 2.45) is 0 Å². The van der Waals surface area contributed by atoms with Gasteiger partial charge in [-0.2, -0.15) is 0 Å². The standard InChI is InChI=1S/C33H31N3O6/c37-36(38)28-16-18-34-32-27(28)17-19-35(32)33-31(41-22-26-14-8-3-9-15-26)30(40-21-25-12-6-2-7-13-25)29(42-33)23-39-20-24-10-4-1-5-11-24/h1-19,29-31,33H,20-23H2/t29-,30-,31-,33+/m1/s1. The number of hydrogen-bond donors (Lipinski definition) is 0. The molecule has 0 aliphatic carbocycles. The summed E-state index contributed by atoms with van der Waals surface area (Å²) >= 11 is 0. The number of hydrogen-bond acceptors (Lipinski definition) is 7. The van der Waals surface area contributed by atoms with Gasteiger partial charge in [0, 0.05) is 18.5 Å². The third-order valence-electron chi connectivity index (χ3n) is 7.31. The van der Waals surface area contributed by atoms with Crippen molar-refractivity contribution >= 4 is 16.7 Å². The van der Waals surface area contributed by atoms with E-state index in [1.54, 1.807) is 16.8 Å². The molecule has 1 fully saturated rings. The molecular weight excluding hydrogens is 534 g/mol. The molecule has 0 radical (unpaired) electrons. The van der Waals surface area contributed by atoms with Crippen LogP contribution >= 0.6 is 0 Å². The fraction of sp³-hybridized carbons (Fsp3) is 0.242. The van der Waals surface area contributed by atoms with Gasteiger partial charge in [-0.15, -0.1) is 0 Å². The number of ether oxygens (including phenoxy) is 4. The Morgan fingerprint density at radius 1 is 0.762 bits per heavy atom. The summed E-state index contributed by atoms with van der Waals surface area (Å²) in [7, 11) is 0. The van der Waals surface area contributed by atoms with Crippen molar-refractivity contribution in [3.63, 3.8) is 0 Å². The van der Waals surface area contributed by atoms with Crippen LogP contribution in [0.1, 0.15) is 22.9 Å². The van der Waals surface area contributed by atoms with E-state index in [1.807, 2.05) is 91.0 Å². The average molecular weight is 566 g/mol. The lowest BCUT2D eigenvalue weighted by Crippen LogP contribution is -2.38. The third kappa shape index (κ3) is 6.24. The molecule has 1 saturated heterocycles. The van der Waals surface area contributed by atoms with E-state index in [9.17, 15) is 10.1 Å².